The van der Waals surface area contributed by atoms with Gasteiger partial charge in [0.1, 0.15) is 0 Å². The number of benzene rings is 6. The smallest absolute Gasteiger partial charge is 0.0159 e. The zero-order valence-electron chi connectivity index (χ0n) is 27.6. The summed E-state index contributed by atoms with van der Waals surface area (Å²) in [5.74, 6) is 0. The third-order valence-electron chi connectivity index (χ3n) is 8.76. The average molecular weight is 587 g/mol. The minimum atomic E-state index is 0.0384. The van der Waals surface area contributed by atoms with Gasteiger partial charge in [0.2, 0.25) is 0 Å². The molecule has 7 rings (SSSR count). The number of unbranched alkanes of at least 4 members (excludes halogenated alkanes) is 1. The molecule has 0 nitrogen and oxygen atoms in total. The SMILES string of the molecule is CCCCc1ccccc1.Cc1ccc2c(c1)C(C)(C)c1cc(-c3ccc(-c4ccccc4)cc3)ccc1-2.Cc1ccccc1. The first-order valence-electron chi connectivity index (χ1n) is 16.3. The lowest BCUT2D eigenvalue weighted by Crippen LogP contribution is -2.15. The Morgan fingerprint density at radius 3 is 1.47 bits per heavy atom. The molecule has 0 saturated heterocycles. The summed E-state index contributed by atoms with van der Waals surface area (Å²) in [5, 5.41) is 0. The molecule has 0 spiro atoms. The fourth-order valence-corrected chi connectivity index (χ4v) is 6.08. The van der Waals surface area contributed by atoms with E-state index < -0.39 is 0 Å². The number of rotatable bonds is 5. The van der Waals surface area contributed by atoms with Crippen LogP contribution in [0, 0.1) is 13.8 Å². The van der Waals surface area contributed by atoms with Crippen molar-refractivity contribution in [1.82, 2.24) is 0 Å². The van der Waals surface area contributed by atoms with Crippen molar-refractivity contribution in [2.24, 2.45) is 0 Å². The van der Waals surface area contributed by atoms with Crippen LogP contribution in [0.5, 0.6) is 0 Å². The largest absolute Gasteiger partial charge is 0.0654 e. The summed E-state index contributed by atoms with van der Waals surface area (Å²) in [7, 11) is 0. The molecule has 0 fully saturated rings. The summed E-state index contributed by atoms with van der Waals surface area (Å²) >= 11 is 0. The van der Waals surface area contributed by atoms with Gasteiger partial charge in [-0.3, -0.25) is 0 Å². The molecule has 0 saturated carbocycles. The molecule has 1 aliphatic rings. The lowest BCUT2D eigenvalue weighted by molar-refractivity contribution is 0.660. The van der Waals surface area contributed by atoms with Gasteiger partial charge < -0.3 is 0 Å². The second kappa shape index (κ2) is 14.9. The van der Waals surface area contributed by atoms with Crippen LogP contribution in [0.1, 0.15) is 61.4 Å². The average Bonchev–Trinajstić information content (AvgIpc) is 3.30. The fraction of sp³-hybridized carbons (Fsp3) is 0.200. The first-order chi connectivity index (χ1) is 21.9. The van der Waals surface area contributed by atoms with E-state index in [1.807, 2.05) is 18.2 Å². The molecule has 0 radical (unpaired) electrons. The summed E-state index contributed by atoms with van der Waals surface area (Å²) in [5.41, 5.74) is 14.9. The van der Waals surface area contributed by atoms with Gasteiger partial charge >= 0.3 is 0 Å². The Morgan fingerprint density at radius 2 is 0.911 bits per heavy atom. The van der Waals surface area contributed by atoms with E-state index in [0.29, 0.717) is 0 Å². The molecule has 6 aromatic rings. The van der Waals surface area contributed by atoms with Gasteiger partial charge in [0.15, 0.2) is 0 Å². The zero-order valence-corrected chi connectivity index (χ0v) is 27.6. The third kappa shape index (κ3) is 7.89. The van der Waals surface area contributed by atoms with Gasteiger partial charge in [0.05, 0.1) is 0 Å². The molecular formula is C45H46. The molecule has 0 unspecified atom stereocenters. The van der Waals surface area contributed by atoms with Gasteiger partial charge in [-0.1, -0.05) is 184 Å². The Hall–Kier alpha value is -4.68. The Bertz CT molecular complexity index is 1780. The number of hydrogen-bond donors (Lipinski definition) is 0. The maximum atomic E-state index is 2.39. The quantitative estimate of drug-likeness (QED) is 0.188. The van der Waals surface area contributed by atoms with E-state index in [4.69, 9.17) is 0 Å². The maximum absolute atomic E-state index is 2.39. The Labute approximate surface area is 271 Å². The summed E-state index contributed by atoms with van der Waals surface area (Å²) in [4.78, 5) is 0. The molecule has 0 aromatic heterocycles. The predicted octanol–water partition coefficient (Wildman–Crippen LogP) is 12.7. The molecule has 0 bridgehead atoms. The van der Waals surface area contributed by atoms with Gasteiger partial charge in [-0.25, -0.2) is 0 Å². The van der Waals surface area contributed by atoms with Crippen LogP contribution in [0.4, 0.5) is 0 Å². The topological polar surface area (TPSA) is 0 Å². The lowest BCUT2D eigenvalue weighted by atomic mass is 9.81. The molecule has 226 valence electrons. The van der Waals surface area contributed by atoms with E-state index in [1.165, 1.54) is 80.5 Å². The Balaban J connectivity index is 0.000000192. The van der Waals surface area contributed by atoms with Gasteiger partial charge in [0.25, 0.3) is 0 Å². The first kappa shape index (κ1) is 31.7. The molecule has 0 amide bonds. The summed E-state index contributed by atoms with van der Waals surface area (Å²) < 4.78 is 0. The van der Waals surface area contributed by atoms with Crippen molar-refractivity contribution < 1.29 is 0 Å². The number of hydrogen-bond acceptors (Lipinski definition) is 0. The highest BCUT2D eigenvalue weighted by Gasteiger charge is 2.35. The highest BCUT2D eigenvalue weighted by Crippen LogP contribution is 2.49. The molecule has 0 N–H and O–H groups in total. The van der Waals surface area contributed by atoms with Crippen LogP contribution in [-0.4, -0.2) is 0 Å². The van der Waals surface area contributed by atoms with Crippen molar-refractivity contribution in [3.05, 3.63) is 179 Å². The van der Waals surface area contributed by atoms with Crippen molar-refractivity contribution in [2.45, 2.75) is 59.3 Å². The van der Waals surface area contributed by atoms with E-state index in [2.05, 4.69) is 168 Å². The molecule has 0 atom stereocenters. The van der Waals surface area contributed by atoms with E-state index >= 15 is 0 Å². The van der Waals surface area contributed by atoms with Crippen LogP contribution < -0.4 is 0 Å². The molecule has 0 heteroatoms. The van der Waals surface area contributed by atoms with Gasteiger partial charge in [0, 0.05) is 5.41 Å². The van der Waals surface area contributed by atoms with Crippen LogP contribution in [-0.2, 0) is 11.8 Å². The van der Waals surface area contributed by atoms with E-state index in [1.54, 1.807) is 0 Å². The normalized spacial score (nSPS) is 12.1. The number of aryl methyl sites for hydroxylation is 3. The highest BCUT2D eigenvalue weighted by atomic mass is 14.4. The van der Waals surface area contributed by atoms with E-state index in [0.717, 1.165) is 0 Å². The zero-order chi connectivity index (χ0) is 31.6. The fourth-order valence-electron chi connectivity index (χ4n) is 6.08. The van der Waals surface area contributed by atoms with Crippen molar-refractivity contribution in [3.63, 3.8) is 0 Å². The highest BCUT2D eigenvalue weighted by molar-refractivity contribution is 5.84. The molecule has 1 aliphatic carbocycles. The second-order valence-electron chi connectivity index (χ2n) is 12.6. The Kier molecular flexibility index (Phi) is 10.5. The summed E-state index contributed by atoms with van der Waals surface area (Å²) in [6.45, 7) is 11.2. The van der Waals surface area contributed by atoms with E-state index in [-0.39, 0.29) is 5.41 Å². The first-order valence-corrected chi connectivity index (χ1v) is 16.3. The molecule has 0 aliphatic heterocycles. The van der Waals surface area contributed by atoms with Crippen molar-refractivity contribution >= 4 is 0 Å². The number of fused-ring (bicyclic) bond motifs is 3. The van der Waals surface area contributed by atoms with Crippen molar-refractivity contribution in [1.29, 1.82) is 0 Å². The summed E-state index contributed by atoms with van der Waals surface area (Å²) in [6.07, 6.45) is 3.83. The lowest BCUT2D eigenvalue weighted by Gasteiger charge is -2.22. The van der Waals surface area contributed by atoms with Gasteiger partial charge in [-0.15, -0.1) is 0 Å². The van der Waals surface area contributed by atoms with Crippen LogP contribution in [0.3, 0.4) is 0 Å². The monoisotopic (exact) mass is 586 g/mol. The predicted molar refractivity (Wildman–Crippen MR) is 196 cm³/mol. The van der Waals surface area contributed by atoms with Crippen LogP contribution >= 0.6 is 0 Å². The molecule has 45 heavy (non-hydrogen) atoms. The van der Waals surface area contributed by atoms with Crippen molar-refractivity contribution in [2.75, 3.05) is 0 Å². The summed E-state index contributed by atoms with van der Waals surface area (Å²) in [6, 6.07) is 54.2. The van der Waals surface area contributed by atoms with Crippen LogP contribution in [0.25, 0.3) is 33.4 Å². The molecule has 0 heterocycles. The van der Waals surface area contributed by atoms with E-state index in [9.17, 15) is 0 Å². The third-order valence-corrected chi connectivity index (χ3v) is 8.76. The standard InChI is InChI=1S/C28H24.C10H14.C7H8/c1-19-9-15-24-25-16-14-23(18-27(25)28(2,3)26(24)17-19)22-12-10-21(11-13-22)20-7-5-4-6-8-20;1-2-3-7-10-8-5-4-6-9-10;1-7-5-3-2-4-6-7/h4-18H,1-3H3;4-6,8-9H,2-3,7H2,1H3;2-6H,1H3. The van der Waals surface area contributed by atoms with Crippen LogP contribution in [0.15, 0.2) is 152 Å². The van der Waals surface area contributed by atoms with Gasteiger partial charge in [-0.05, 0) is 82.8 Å². The maximum Gasteiger partial charge on any atom is 0.0159 e. The molecule has 6 aromatic carbocycles. The second-order valence-corrected chi connectivity index (χ2v) is 12.6. The minimum absolute atomic E-state index is 0.0384. The Morgan fingerprint density at radius 1 is 0.444 bits per heavy atom. The van der Waals surface area contributed by atoms with Crippen LogP contribution in [0.2, 0.25) is 0 Å². The molecular weight excluding hydrogens is 540 g/mol. The van der Waals surface area contributed by atoms with Gasteiger partial charge in [-0.2, -0.15) is 0 Å². The minimum Gasteiger partial charge on any atom is -0.0654 e. The van der Waals surface area contributed by atoms with Crippen molar-refractivity contribution in [3.8, 4) is 33.4 Å².